The maximum absolute atomic E-state index is 13.3. The minimum Gasteiger partial charge on any atom is -0.497 e. The lowest BCUT2D eigenvalue weighted by Crippen LogP contribution is -2.47. The number of amides is 4. The maximum Gasteiger partial charge on any atom is 0.325 e. The van der Waals surface area contributed by atoms with E-state index >= 15 is 0 Å². The van der Waals surface area contributed by atoms with Gasteiger partial charge >= 0.3 is 6.03 Å². The van der Waals surface area contributed by atoms with Crippen molar-refractivity contribution in [2.45, 2.75) is 31.8 Å². The largest absolute Gasteiger partial charge is 0.497 e. The predicted molar refractivity (Wildman–Crippen MR) is 112 cm³/mol. The van der Waals surface area contributed by atoms with Crippen LogP contribution in [0.25, 0.3) is 0 Å². The van der Waals surface area contributed by atoms with Crippen LogP contribution in [0.15, 0.2) is 54.6 Å². The van der Waals surface area contributed by atoms with E-state index in [0.29, 0.717) is 18.0 Å². The third kappa shape index (κ3) is 3.75. The van der Waals surface area contributed by atoms with Gasteiger partial charge in [0.25, 0.3) is 5.91 Å². The molecule has 1 aliphatic heterocycles. The number of carbonyl (C=O) groups excluding carboxylic acids is 3. The van der Waals surface area contributed by atoms with E-state index in [2.05, 4.69) is 5.32 Å². The van der Waals surface area contributed by atoms with Crippen molar-refractivity contribution in [3.05, 3.63) is 60.2 Å². The molecule has 30 heavy (non-hydrogen) atoms. The van der Waals surface area contributed by atoms with Crippen molar-refractivity contribution in [2.24, 2.45) is 5.92 Å². The SMILES string of the molecule is COc1ccc(N(Cc2ccccc2)C(=O)CN2C(=O)NC(C)(C3CC3)C2=O)cc1. The molecular weight excluding hydrogens is 382 g/mol. The van der Waals surface area contributed by atoms with Gasteiger partial charge in [0.05, 0.1) is 13.7 Å². The van der Waals surface area contributed by atoms with Gasteiger partial charge in [-0.05, 0) is 55.5 Å². The van der Waals surface area contributed by atoms with E-state index in [-0.39, 0.29) is 24.3 Å². The topological polar surface area (TPSA) is 79.0 Å². The first-order chi connectivity index (χ1) is 14.4. The van der Waals surface area contributed by atoms with Gasteiger partial charge in [0.1, 0.15) is 17.8 Å². The summed E-state index contributed by atoms with van der Waals surface area (Å²) in [5, 5.41) is 2.79. The Morgan fingerprint density at radius 1 is 1.13 bits per heavy atom. The lowest BCUT2D eigenvalue weighted by molar-refractivity contribution is -0.134. The summed E-state index contributed by atoms with van der Waals surface area (Å²) in [4.78, 5) is 41.3. The Morgan fingerprint density at radius 3 is 2.40 bits per heavy atom. The molecule has 2 aliphatic rings. The lowest BCUT2D eigenvalue weighted by atomic mass is 9.96. The Balaban J connectivity index is 1.57. The van der Waals surface area contributed by atoms with Crippen molar-refractivity contribution in [1.82, 2.24) is 10.2 Å². The fourth-order valence-corrected chi connectivity index (χ4v) is 3.87. The van der Waals surface area contributed by atoms with Crippen molar-refractivity contribution in [1.29, 1.82) is 0 Å². The summed E-state index contributed by atoms with van der Waals surface area (Å²) < 4.78 is 5.21. The van der Waals surface area contributed by atoms with E-state index in [1.807, 2.05) is 30.3 Å². The monoisotopic (exact) mass is 407 g/mol. The fraction of sp³-hybridized carbons (Fsp3) is 0.348. The summed E-state index contributed by atoms with van der Waals surface area (Å²) in [6.07, 6.45) is 1.83. The third-order valence-electron chi connectivity index (χ3n) is 5.86. The van der Waals surface area contributed by atoms with Crippen molar-refractivity contribution in [2.75, 3.05) is 18.6 Å². The molecule has 4 amide bonds. The van der Waals surface area contributed by atoms with Crippen LogP contribution in [-0.2, 0) is 16.1 Å². The highest BCUT2D eigenvalue weighted by Gasteiger charge is 2.56. The number of nitrogens with one attached hydrogen (secondary N) is 1. The molecular formula is C23H25N3O4. The average Bonchev–Trinajstić information content (AvgIpc) is 3.59. The number of hydrogen-bond donors (Lipinski definition) is 1. The second-order valence-corrected chi connectivity index (χ2v) is 7.96. The Kier molecular flexibility index (Phi) is 5.20. The average molecular weight is 407 g/mol. The van der Waals surface area contributed by atoms with E-state index in [1.165, 1.54) is 0 Å². The molecule has 0 spiro atoms. The first-order valence-corrected chi connectivity index (χ1v) is 10.0. The van der Waals surface area contributed by atoms with Crippen molar-refractivity contribution in [3.63, 3.8) is 0 Å². The number of benzene rings is 2. The molecule has 0 radical (unpaired) electrons. The van der Waals surface area contributed by atoms with Gasteiger partial charge in [0, 0.05) is 5.69 Å². The van der Waals surface area contributed by atoms with E-state index < -0.39 is 11.6 Å². The minimum atomic E-state index is -0.901. The number of nitrogens with zero attached hydrogens (tertiary/aromatic N) is 2. The molecule has 1 unspecified atom stereocenters. The molecule has 1 saturated carbocycles. The van der Waals surface area contributed by atoms with Crippen molar-refractivity contribution in [3.8, 4) is 5.75 Å². The van der Waals surface area contributed by atoms with Crippen LogP contribution in [0.4, 0.5) is 10.5 Å². The molecule has 1 saturated heterocycles. The Hall–Kier alpha value is -3.35. The number of imide groups is 1. The number of urea groups is 1. The zero-order chi connectivity index (χ0) is 21.3. The predicted octanol–water partition coefficient (Wildman–Crippen LogP) is 2.95. The van der Waals surface area contributed by atoms with Crippen LogP contribution in [0.5, 0.6) is 5.75 Å². The lowest BCUT2D eigenvalue weighted by Gasteiger charge is -2.26. The summed E-state index contributed by atoms with van der Waals surface area (Å²) in [6.45, 7) is 1.78. The van der Waals surface area contributed by atoms with Gasteiger partial charge in [0.2, 0.25) is 5.91 Å². The standard InChI is InChI=1S/C23H25N3O4/c1-23(17-8-9-17)21(28)26(22(29)24-23)15-20(27)25(14-16-6-4-3-5-7-16)18-10-12-19(30-2)13-11-18/h3-7,10-13,17H,8-9,14-15H2,1-2H3,(H,24,29). The quantitative estimate of drug-likeness (QED) is 0.716. The van der Waals surface area contributed by atoms with Crippen LogP contribution in [0.1, 0.15) is 25.3 Å². The Labute approximate surface area is 175 Å². The molecule has 1 aliphatic carbocycles. The Bertz CT molecular complexity index is 956. The number of ether oxygens (including phenoxy) is 1. The zero-order valence-corrected chi connectivity index (χ0v) is 17.1. The number of methoxy groups -OCH3 is 1. The smallest absolute Gasteiger partial charge is 0.325 e. The maximum atomic E-state index is 13.3. The van der Waals surface area contributed by atoms with Gasteiger partial charge in [0.15, 0.2) is 0 Å². The van der Waals surface area contributed by atoms with E-state index in [9.17, 15) is 14.4 Å². The number of anilines is 1. The molecule has 2 aromatic carbocycles. The first-order valence-electron chi connectivity index (χ1n) is 10.0. The molecule has 7 nitrogen and oxygen atoms in total. The highest BCUT2D eigenvalue weighted by atomic mass is 16.5. The molecule has 156 valence electrons. The zero-order valence-electron chi connectivity index (χ0n) is 17.1. The van der Waals surface area contributed by atoms with E-state index in [1.54, 1.807) is 43.2 Å². The fourth-order valence-electron chi connectivity index (χ4n) is 3.87. The first kappa shape index (κ1) is 19.9. The van der Waals surface area contributed by atoms with E-state index in [0.717, 1.165) is 23.3 Å². The number of rotatable bonds is 7. The molecule has 2 aromatic rings. The number of hydrogen-bond acceptors (Lipinski definition) is 4. The summed E-state index contributed by atoms with van der Waals surface area (Å²) in [5.41, 5.74) is 0.713. The van der Waals surface area contributed by atoms with Crippen molar-refractivity contribution < 1.29 is 19.1 Å². The molecule has 1 atom stereocenters. The number of carbonyl (C=O) groups is 3. The molecule has 1 heterocycles. The van der Waals surface area contributed by atoms with Gasteiger partial charge in [-0.25, -0.2) is 4.79 Å². The van der Waals surface area contributed by atoms with Crippen LogP contribution in [0.3, 0.4) is 0 Å². The summed E-state index contributed by atoms with van der Waals surface area (Å²) in [6, 6.07) is 16.2. The summed E-state index contributed by atoms with van der Waals surface area (Å²) in [5.74, 6) is 0.182. The van der Waals surface area contributed by atoms with Crippen LogP contribution in [-0.4, -0.2) is 41.9 Å². The van der Waals surface area contributed by atoms with Gasteiger partial charge in [-0.2, -0.15) is 0 Å². The van der Waals surface area contributed by atoms with Gasteiger partial charge < -0.3 is 15.0 Å². The van der Waals surface area contributed by atoms with Gasteiger partial charge in [-0.15, -0.1) is 0 Å². The summed E-state index contributed by atoms with van der Waals surface area (Å²) in [7, 11) is 1.58. The van der Waals surface area contributed by atoms with Crippen LogP contribution < -0.4 is 15.0 Å². The van der Waals surface area contributed by atoms with Crippen molar-refractivity contribution >= 4 is 23.5 Å². The Morgan fingerprint density at radius 2 is 1.80 bits per heavy atom. The van der Waals surface area contributed by atoms with E-state index in [4.69, 9.17) is 4.74 Å². The molecule has 7 heteroatoms. The van der Waals surface area contributed by atoms with Crippen LogP contribution >= 0.6 is 0 Å². The van der Waals surface area contributed by atoms with Crippen LogP contribution in [0, 0.1) is 5.92 Å². The normalized spacial score (nSPS) is 20.8. The molecule has 0 bridgehead atoms. The molecule has 4 rings (SSSR count). The van der Waals surface area contributed by atoms with Gasteiger partial charge in [-0.3, -0.25) is 14.5 Å². The third-order valence-corrected chi connectivity index (χ3v) is 5.86. The van der Waals surface area contributed by atoms with Crippen LogP contribution in [0.2, 0.25) is 0 Å². The minimum absolute atomic E-state index is 0.149. The van der Waals surface area contributed by atoms with Gasteiger partial charge in [-0.1, -0.05) is 30.3 Å². The molecule has 2 fully saturated rings. The molecule has 0 aromatic heterocycles. The highest BCUT2D eigenvalue weighted by Crippen LogP contribution is 2.42. The highest BCUT2D eigenvalue weighted by molar-refractivity contribution is 6.10. The summed E-state index contributed by atoms with van der Waals surface area (Å²) >= 11 is 0. The second kappa shape index (κ2) is 7.82. The molecule has 1 N–H and O–H groups in total. The second-order valence-electron chi connectivity index (χ2n) is 7.96.